The molecule has 0 radical (unpaired) electrons. The van der Waals surface area contributed by atoms with E-state index < -0.39 is 12.1 Å². The number of ether oxygens (including phenoxy) is 2. The summed E-state index contributed by atoms with van der Waals surface area (Å²) in [5.74, 6) is 0.0984. The average Bonchev–Trinajstić information content (AvgIpc) is 2.55. The summed E-state index contributed by atoms with van der Waals surface area (Å²) in [6.07, 6.45) is -0.682. The molecule has 2 rings (SSSR count). The largest absolute Gasteiger partial charge is 0.497 e. The molecular weight excluding hydrogens is 292 g/mol. The Morgan fingerprint density at radius 3 is 2.17 bits per heavy atom. The number of Topliss-reactive ketones (excluding diaryl/α,β-unsaturated/α-hetero) is 1. The summed E-state index contributed by atoms with van der Waals surface area (Å²) in [7, 11) is 1.58. The molecule has 0 amide bonds. The van der Waals surface area contributed by atoms with Crippen molar-refractivity contribution in [2.75, 3.05) is 7.11 Å². The molecule has 1 atom stereocenters. The van der Waals surface area contributed by atoms with Crippen LogP contribution in [0.5, 0.6) is 5.75 Å². The third kappa shape index (κ3) is 4.68. The number of benzene rings is 2. The molecule has 2 aromatic carbocycles. The van der Waals surface area contributed by atoms with Gasteiger partial charge in [-0.1, -0.05) is 42.0 Å². The van der Waals surface area contributed by atoms with Crippen LogP contribution in [-0.2, 0) is 16.0 Å². The second kappa shape index (κ2) is 7.58. The number of carbonyl (C=O) groups excluding carboxylic acids is 2. The SMILES string of the molecule is COc1ccc(CC(=O)O[C@@H](C)C(=O)c2ccc(C)cc2)cc1. The lowest BCUT2D eigenvalue weighted by Gasteiger charge is -2.12. The molecule has 120 valence electrons. The van der Waals surface area contributed by atoms with Crippen molar-refractivity contribution < 1.29 is 19.1 Å². The van der Waals surface area contributed by atoms with Gasteiger partial charge in [0.25, 0.3) is 0 Å². The fourth-order valence-electron chi connectivity index (χ4n) is 2.15. The fourth-order valence-corrected chi connectivity index (χ4v) is 2.15. The van der Waals surface area contributed by atoms with Gasteiger partial charge in [0.15, 0.2) is 6.10 Å². The van der Waals surface area contributed by atoms with Gasteiger partial charge in [-0.15, -0.1) is 0 Å². The van der Waals surface area contributed by atoms with Crippen molar-refractivity contribution in [3.05, 3.63) is 65.2 Å². The normalized spacial score (nSPS) is 11.6. The predicted molar refractivity (Wildman–Crippen MR) is 87.8 cm³/mol. The van der Waals surface area contributed by atoms with E-state index in [1.807, 2.05) is 19.1 Å². The second-order valence-corrected chi connectivity index (χ2v) is 5.39. The average molecular weight is 312 g/mol. The van der Waals surface area contributed by atoms with Crippen molar-refractivity contribution in [3.63, 3.8) is 0 Å². The topological polar surface area (TPSA) is 52.6 Å². The highest BCUT2D eigenvalue weighted by molar-refractivity contribution is 6.00. The van der Waals surface area contributed by atoms with Crippen molar-refractivity contribution in [1.29, 1.82) is 0 Å². The van der Waals surface area contributed by atoms with E-state index in [1.54, 1.807) is 50.4 Å². The summed E-state index contributed by atoms with van der Waals surface area (Å²) < 4.78 is 10.3. The number of ketones is 1. The van der Waals surface area contributed by atoms with E-state index in [9.17, 15) is 9.59 Å². The third-order valence-electron chi connectivity index (χ3n) is 3.52. The van der Waals surface area contributed by atoms with Crippen LogP contribution < -0.4 is 4.74 Å². The monoisotopic (exact) mass is 312 g/mol. The molecule has 0 aliphatic rings. The number of carbonyl (C=O) groups is 2. The van der Waals surface area contributed by atoms with Crippen molar-refractivity contribution in [2.45, 2.75) is 26.4 Å². The summed E-state index contributed by atoms with van der Waals surface area (Å²) >= 11 is 0. The molecule has 0 aliphatic carbocycles. The van der Waals surface area contributed by atoms with Crippen LogP contribution in [-0.4, -0.2) is 25.0 Å². The summed E-state index contributed by atoms with van der Waals surface area (Å²) in [6, 6.07) is 14.4. The molecule has 0 N–H and O–H groups in total. The number of esters is 1. The van der Waals surface area contributed by atoms with Gasteiger partial charge in [-0.2, -0.15) is 0 Å². The number of methoxy groups -OCH3 is 1. The van der Waals surface area contributed by atoms with E-state index in [0.29, 0.717) is 5.56 Å². The first-order valence-corrected chi connectivity index (χ1v) is 7.43. The van der Waals surface area contributed by atoms with Crippen LogP contribution in [0.15, 0.2) is 48.5 Å². The minimum atomic E-state index is -0.802. The number of aryl methyl sites for hydroxylation is 1. The first-order chi connectivity index (χ1) is 11.0. The van der Waals surface area contributed by atoms with Crippen LogP contribution in [0.25, 0.3) is 0 Å². The molecular formula is C19H20O4. The van der Waals surface area contributed by atoms with Gasteiger partial charge in [-0.3, -0.25) is 9.59 Å². The maximum Gasteiger partial charge on any atom is 0.310 e. The van der Waals surface area contributed by atoms with Crippen LogP contribution in [0, 0.1) is 6.92 Å². The first kappa shape index (κ1) is 16.7. The molecule has 0 saturated heterocycles. The Morgan fingerprint density at radius 1 is 1.00 bits per heavy atom. The lowest BCUT2D eigenvalue weighted by molar-refractivity contribution is -0.145. The number of hydrogen-bond acceptors (Lipinski definition) is 4. The van der Waals surface area contributed by atoms with Crippen molar-refractivity contribution >= 4 is 11.8 Å². The Balaban J connectivity index is 1.93. The molecule has 4 heteroatoms. The Hall–Kier alpha value is -2.62. The molecule has 0 unspecified atom stereocenters. The zero-order valence-electron chi connectivity index (χ0n) is 13.5. The molecule has 0 heterocycles. The second-order valence-electron chi connectivity index (χ2n) is 5.39. The molecule has 0 aliphatic heterocycles. The lowest BCUT2D eigenvalue weighted by atomic mass is 10.1. The zero-order chi connectivity index (χ0) is 16.8. The van der Waals surface area contributed by atoms with E-state index >= 15 is 0 Å². The molecule has 0 aromatic heterocycles. The maximum atomic E-state index is 12.2. The van der Waals surface area contributed by atoms with Crippen LogP contribution >= 0.6 is 0 Å². The van der Waals surface area contributed by atoms with E-state index in [4.69, 9.17) is 9.47 Å². The van der Waals surface area contributed by atoms with Gasteiger partial charge >= 0.3 is 5.97 Å². The van der Waals surface area contributed by atoms with Crippen molar-refractivity contribution in [3.8, 4) is 5.75 Å². The van der Waals surface area contributed by atoms with Crippen LogP contribution in [0.1, 0.15) is 28.4 Å². The fraction of sp³-hybridized carbons (Fsp3) is 0.263. The molecule has 4 nitrogen and oxygen atoms in total. The summed E-state index contributed by atoms with van der Waals surface area (Å²) in [5, 5.41) is 0. The molecule has 0 bridgehead atoms. The van der Waals surface area contributed by atoms with Crippen molar-refractivity contribution in [1.82, 2.24) is 0 Å². The highest BCUT2D eigenvalue weighted by Gasteiger charge is 2.19. The summed E-state index contributed by atoms with van der Waals surface area (Å²) in [4.78, 5) is 24.2. The van der Waals surface area contributed by atoms with Gasteiger partial charge in [0.2, 0.25) is 5.78 Å². The Morgan fingerprint density at radius 2 is 1.61 bits per heavy atom. The minimum absolute atomic E-state index is 0.121. The van der Waals surface area contributed by atoms with Crippen LogP contribution in [0.2, 0.25) is 0 Å². The van der Waals surface area contributed by atoms with E-state index in [0.717, 1.165) is 16.9 Å². The smallest absolute Gasteiger partial charge is 0.310 e. The Bertz CT molecular complexity index is 672. The highest BCUT2D eigenvalue weighted by Crippen LogP contribution is 2.13. The summed E-state index contributed by atoms with van der Waals surface area (Å²) in [5.41, 5.74) is 2.43. The van der Waals surface area contributed by atoms with Gasteiger partial charge in [-0.25, -0.2) is 0 Å². The number of rotatable bonds is 6. The van der Waals surface area contributed by atoms with Gasteiger partial charge < -0.3 is 9.47 Å². The van der Waals surface area contributed by atoms with E-state index in [-0.39, 0.29) is 12.2 Å². The molecule has 0 fully saturated rings. The molecule has 2 aromatic rings. The van der Waals surface area contributed by atoms with Gasteiger partial charge in [0.1, 0.15) is 5.75 Å². The Labute approximate surface area is 136 Å². The first-order valence-electron chi connectivity index (χ1n) is 7.43. The molecule has 0 saturated carbocycles. The lowest BCUT2D eigenvalue weighted by Crippen LogP contribution is -2.25. The van der Waals surface area contributed by atoms with Crippen LogP contribution in [0.4, 0.5) is 0 Å². The standard InChI is InChI=1S/C19H20O4/c1-13-4-8-16(9-5-13)19(21)14(2)23-18(20)12-15-6-10-17(22-3)11-7-15/h4-11,14H,12H2,1-3H3/t14-/m0/s1. The zero-order valence-corrected chi connectivity index (χ0v) is 13.5. The predicted octanol–water partition coefficient (Wildman–Crippen LogP) is 3.36. The van der Waals surface area contributed by atoms with Gasteiger partial charge in [-0.05, 0) is 31.5 Å². The number of hydrogen-bond donors (Lipinski definition) is 0. The van der Waals surface area contributed by atoms with Crippen molar-refractivity contribution in [2.24, 2.45) is 0 Å². The minimum Gasteiger partial charge on any atom is -0.497 e. The molecule has 0 spiro atoms. The summed E-state index contributed by atoms with van der Waals surface area (Å²) in [6.45, 7) is 3.54. The van der Waals surface area contributed by atoms with Gasteiger partial charge in [0, 0.05) is 5.56 Å². The van der Waals surface area contributed by atoms with E-state index in [2.05, 4.69) is 0 Å². The van der Waals surface area contributed by atoms with Crippen LogP contribution in [0.3, 0.4) is 0 Å². The Kier molecular flexibility index (Phi) is 5.52. The van der Waals surface area contributed by atoms with E-state index in [1.165, 1.54) is 0 Å². The van der Waals surface area contributed by atoms with Gasteiger partial charge in [0.05, 0.1) is 13.5 Å². The third-order valence-corrected chi connectivity index (χ3v) is 3.52. The quantitative estimate of drug-likeness (QED) is 0.606. The molecule has 23 heavy (non-hydrogen) atoms. The highest BCUT2D eigenvalue weighted by atomic mass is 16.5. The maximum absolute atomic E-state index is 12.2.